The van der Waals surface area contributed by atoms with Gasteiger partial charge in [0, 0.05) is 24.6 Å². The van der Waals surface area contributed by atoms with E-state index in [9.17, 15) is 19.1 Å². The first-order valence-electron chi connectivity index (χ1n) is 10.1. The lowest BCUT2D eigenvalue weighted by Crippen LogP contribution is -2.51. The van der Waals surface area contributed by atoms with Crippen molar-refractivity contribution in [2.75, 3.05) is 18.5 Å². The minimum absolute atomic E-state index is 0.0657. The molecule has 2 unspecified atom stereocenters. The zero-order chi connectivity index (χ0) is 22.5. The lowest BCUT2D eigenvalue weighted by atomic mass is 9.99. The molecule has 32 heavy (non-hydrogen) atoms. The maximum atomic E-state index is 13.2. The smallest absolute Gasteiger partial charge is 0.257 e. The van der Waals surface area contributed by atoms with E-state index in [0.717, 1.165) is 5.56 Å². The van der Waals surface area contributed by atoms with Crippen LogP contribution in [0.3, 0.4) is 0 Å². The lowest BCUT2D eigenvalue weighted by molar-refractivity contribution is -0.155. The van der Waals surface area contributed by atoms with E-state index in [4.69, 9.17) is 4.74 Å². The first-order valence-corrected chi connectivity index (χ1v) is 10.1. The number of carbonyl (C=O) groups excluding carboxylic acids is 2. The Balaban J connectivity index is 1.46. The number of nitrogens with one attached hydrogen (secondary N) is 1. The van der Waals surface area contributed by atoms with Gasteiger partial charge in [-0.05, 0) is 47.5 Å². The summed E-state index contributed by atoms with van der Waals surface area (Å²) in [6.45, 7) is 0.348. The average Bonchev–Trinajstić information content (AvgIpc) is 2.82. The summed E-state index contributed by atoms with van der Waals surface area (Å²) in [4.78, 5) is 30.2. The molecule has 0 aliphatic carbocycles. The topological polar surface area (TPSA) is 91.8 Å². The van der Waals surface area contributed by atoms with Crippen molar-refractivity contribution >= 4 is 17.5 Å². The Bertz CT molecular complexity index is 1070. The molecule has 1 aromatic heterocycles. The summed E-state index contributed by atoms with van der Waals surface area (Å²) in [5, 5.41) is 13.8. The number of morpholine rings is 1. The van der Waals surface area contributed by atoms with Gasteiger partial charge in [0.05, 0.1) is 18.2 Å². The summed E-state index contributed by atoms with van der Waals surface area (Å²) in [5.41, 5.74) is 2.34. The quantitative estimate of drug-likeness (QED) is 0.621. The number of hydrogen-bond acceptors (Lipinski definition) is 5. The molecule has 2 heterocycles. The molecule has 164 valence electrons. The monoisotopic (exact) mass is 435 g/mol. The van der Waals surface area contributed by atoms with E-state index in [0.29, 0.717) is 16.8 Å². The highest BCUT2D eigenvalue weighted by molar-refractivity contribution is 6.04. The first-order chi connectivity index (χ1) is 15.5. The molecule has 3 aromatic rings. The van der Waals surface area contributed by atoms with Crippen LogP contribution in [-0.4, -0.2) is 46.1 Å². The number of amides is 2. The Morgan fingerprint density at radius 2 is 1.94 bits per heavy atom. The van der Waals surface area contributed by atoms with Gasteiger partial charge in [-0.2, -0.15) is 0 Å². The van der Waals surface area contributed by atoms with Crippen molar-refractivity contribution in [2.45, 2.75) is 18.7 Å². The van der Waals surface area contributed by atoms with Crippen LogP contribution in [0.25, 0.3) is 0 Å². The normalized spacial score (nSPS) is 17.1. The van der Waals surface area contributed by atoms with Gasteiger partial charge in [-0.15, -0.1) is 0 Å². The van der Waals surface area contributed by atoms with Gasteiger partial charge in [0.2, 0.25) is 5.91 Å². The van der Waals surface area contributed by atoms with Crippen molar-refractivity contribution in [3.05, 3.63) is 95.6 Å². The van der Waals surface area contributed by atoms with Gasteiger partial charge in [0.1, 0.15) is 18.5 Å². The molecule has 7 nitrogen and oxygen atoms in total. The average molecular weight is 435 g/mol. The molecule has 1 fully saturated rings. The van der Waals surface area contributed by atoms with E-state index >= 15 is 0 Å². The third-order valence-corrected chi connectivity index (χ3v) is 5.30. The zero-order valence-electron chi connectivity index (χ0n) is 17.1. The standard InChI is InChI=1S/C24H22FN3O4/c25-19-7-3-16(4-8-19)13-28-21(14-32-15-22(28)29)23(30)17-5-9-20(10-6-17)27-24(31)18-2-1-11-26-12-18/h1-12,21,23,30H,13-15H2,(H,27,31). The van der Waals surface area contributed by atoms with Crippen molar-refractivity contribution in [1.82, 2.24) is 9.88 Å². The highest BCUT2D eigenvalue weighted by Crippen LogP contribution is 2.27. The van der Waals surface area contributed by atoms with Gasteiger partial charge in [-0.25, -0.2) is 4.39 Å². The van der Waals surface area contributed by atoms with Crippen LogP contribution in [0.15, 0.2) is 73.1 Å². The van der Waals surface area contributed by atoms with Gasteiger partial charge < -0.3 is 20.1 Å². The number of aliphatic hydroxyl groups excluding tert-OH is 1. The van der Waals surface area contributed by atoms with E-state index < -0.39 is 12.1 Å². The van der Waals surface area contributed by atoms with Crippen LogP contribution in [-0.2, 0) is 16.1 Å². The number of hydrogen-bond donors (Lipinski definition) is 2. The van der Waals surface area contributed by atoms with Crippen LogP contribution in [0.1, 0.15) is 27.6 Å². The number of aliphatic hydroxyl groups is 1. The Morgan fingerprint density at radius 1 is 1.19 bits per heavy atom. The Morgan fingerprint density at radius 3 is 2.62 bits per heavy atom. The van der Waals surface area contributed by atoms with E-state index in [-0.39, 0.29) is 37.4 Å². The molecule has 0 spiro atoms. The van der Waals surface area contributed by atoms with Crippen LogP contribution in [0.5, 0.6) is 0 Å². The SMILES string of the molecule is O=C(Nc1ccc(C(O)C2COCC(=O)N2Cc2ccc(F)cc2)cc1)c1cccnc1. The van der Waals surface area contributed by atoms with Crippen LogP contribution < -0.4 is 5.32 Å². The molecule has 1 aliphatic rings. The van der Waals surface area contributed by atoms with Gasteiger partial charge in [-0.1, -0.05) is 24.3 Å². The molecule has 2 amide bonds. The van der Waals surface area contributed by atoms with Crippen molar-refractivity contribution in [1.29, 1.82) is 0 Å². The second-order valence-electron chi connectivity index (χ2n) is 7.49. The molecule has 2 atom stereocenters. The maximum Gasteiger partial charge on any atom is 0.257 e. The second-order valence-corrected chi connectivity index (χ2v) is 7.49. The van der Waals surface area contributed by atoms with E-state index in [2.05, 4.69) is 10.3 Å². The van der Waals surface area contributed by atoms with Gasteiger partial charge in [-0.3, -0.25) is 14.6 Å². The first kappa shape index (κ1) is 21.6. The summed E-state index contributed by atoms with van der Waals surface area (Å²) in [6.07, 6.45) is 2.07. The van der Waals surface area contributed by atoms with Crippen LogP contribution in [0.4, 0.5) is 10.1 Å². The van der Waals surface area contributed by atoms with Crippen molar-refractivity contribution in [3.8, 4) is 0 Å². The molecule has 4 rings (SSSR count). The summed E-state index contributed by atoms with van der Waals surface area (Å²) >= 11 is 0. The molecular formula is C24H22FN3O4. The highest BCUT2D eigenvalue weighted by Gasteiger charge is 2.34. The lowest BCUT2D eigenvalue weighted by Gasteiger charge is -2.38. The van der Waals surface area contributed by atoms with Gasteiger partial charge in [0.15, 0.2) is 0 Å². The fourth-order valence-electron chi connectivity index (χ4n) is 3.56. The minimum atomic E-state index is -0.997. The molecule has 0 bridgehead atoms. The van der Waals surface area contributed by atoms with Crippen molar-refractivity contribution < 1.29 is 23.8 Å². The molecular weight excluding hydrogens is 413 g/mol. The number of pyridine rings is 1. The largest absolute Gasteiger partial charge is 0.386 e. The fourth-order valence-corrected chi connectivity index (χ4v) is 3.56. The Labute approximate surface area is 184 Å². The Kier molecular flexibility index (Phi) is 6.53. The molecule has 1 aliphatic heterocycles. The number of rotatable bonds is 6. The number of halogens is 1. The minimum Gasteiger partial charge on any atom is -0.386 e. The van der Waals surface area contributed by atoms with Crippen molar-refractivity contribution in [3.63, 3.8) is 0 Å². The molecule has 0 saturated carbocycles. The number of nitrogens with zero attached hydrogens (tertiary/aromatic N) is 2. The zero-order valence-corrected chi connectivity index (χ0v) is 17.1. The number of anilines is 1. The number of carbonyl (C=O) groups is 2. The third-order valence-electron chi connectivity index (χ3n) is 5.30. The van der Waals surface area contributed by atoms with Crippen LogP contribution >= 0.6 is 0 Å². The second kappa shape index (κ2) is 9.67. The molecule has 2 aromatic carbocycles. The highest BCUT2D eigenvalue weighted by atomic mass is 19.1. The third kappa shape index (κ3) is 4.99. The predicted molar refractivity (Wildman–Crippen MR) is 115 cm³/mol. The fraction of sp³-hybridized carbons (Fsp3) is 0.208. The summed E-state index contributed by atoms with van der Waals surface area (Å²) < 4.78 is 18.6. The molecule has 8 heteroatoms. The summed E-state index contributed by atoms with van der Waals surface area (Å²) in [5.74, 6) is -0.887. The number of aromatic nitrogens is 1. The van der Waals surface area contributed by atoms with Crippen molar-refractivity contribution in [2.24, 2.45) is 0 Å². The van der Waals surface area contributed by atoms with Crippen LogP contribution in [0, 0.1) is 5.82 Å². The summed E-state index contributed by atoms with van der Waals surface area (Å²) in [6, 6.07) is 15.4. The molecule has 1 saturated heterocycles. The molecule has 0 radical (unpaired) electrons. The van der Waals surface area contributed by atoms with Gasteiger partial charge in [0.25, 0.3) is 5.91 Å². The Hall–Kier alpha value is -3.62. The van der Waals surface area contributed by atoms with E-state index in [1.165, 1.54) is 18.3 Å². The molecule has 2 N–H and O–H groups in total. The van der Waals surface area contributed by atoms with Gasteiger partial charge >= 0.3 is 0 Å². The number of benzene rings is 2. The summed E-state index contributed by atoms with van der Waals surface area (Å²) in [7, 11) is 0. The maximum absolute atomic E-state index is 13.2. The predicted octanol–water partition coefficient (Wildman–Crippen LogP) is 2.93. The van der Waals surface area contributed by atoms with E-state index in [1.807, 2.05) is 0 Å². The van der Waals surface area contributed by atoms with Crippen LogP contribution in [0.2, 0.25) is 0 Å². The van der Waals surface area contributed by atoms with E-state index in [1.54, 1.807) is 59.6 Å². The number of ether oxygens (including phenoxy) is 1.